The van der Waals surface area contributed by atoms with E-state index < -0.39 is 6.10 Å². The van der Waals surface area contributed by atoms with E-state index in [9.17, 15) is 9.59 Å². The van der Waals surface area contributed by atoms with Crippen LogP contribution in [0.2, 0.25) is 0 Å². The molecule has 0 saturated carbocycles. The van der Waals surface area contributed by atoms with Crippen LogP contribution in [0.5, 0.6) is 5.75 Å². The second kappa shape index (κ2) is 7.43. The Balaban J connectivity index is 1.40. The molecule has 1 aliphatic carbocycles. The molecule has 1 atom stereocenters. The van der Waals surface area contributed by atoms with Crippen LogP contribution in [0.1, 0.15) is 37.3 Å². The molecule has 5 nitrogen and oxygen atoms in total. The van der Waals surface area contributed by atoms with E-state index in [0.29, 0.717) is 12.2 Å². The lowest BCUT2D eigenvalue weighted by Gasteiger charge is -2.19. The van der Waals surface area contributed by atoms with Crippen LogP contribution in [0.15, 0.2) is 42.5 Å². The van der Waals surface area contributed by atoms with Crippen molar-refractivity contribution in [3.63, 3.8) is 0 Å². The maximum Gasteiger partial charge on any atom is 0.265 e. The van der Waals surface area contributed by atoms with Crippen LogP contribution in [-0.4, -0.2) is 24.5 Å². The number of aryl methyl sites for hydroxylation is 2. The highest BCUT2D eigenvalue weighted by atomic mass is 16.5. The molecule has 1 N–H and O–H groups in total. The van der Waals surface area contributed by atoms with Gasteiger partial charge in [-0.25, -0.2) is 0 Å². The zero-order valence-electron chi connectivity index (χ0n) is 15.5. The topological polar surface area (TPSA) is 58.6 Å². The fourth-order valence-corrected chi connectivity index (χ4v) is 3.80. The Kier molecular flexibility index (Phi) is 4.84. The van der Waals surface area contributed by atoms with Gasteiger partial charge in [0.1, 0.15) is 5.75 Å². The zero-order valence-corrected chi connectivity index (χ0v) is 15.5. The first kappa shape index (κ1) is 17.6. The number of rotatable bonds is 5. The number of nitrogens with zero attached hydrogens (tertiary/aromatic N) is 1. The van der Waals surface area contributed by atoms with Gasteiger partial charge in [-0.1, -0.05) is 12.1 Å². The largest absolute Gasteiger partial charge is 0.481 e. The maximum absolute atomic E-state index is 12.5. The molecule has 0 bridgehead atoms. The summed E-state index contributed by atoms with van der Waals surface area (Å²) in [5, 5.41) is 2.94. The highest BCUT2D eigenvalue weighted by Crippen LogP contribution is 2.27. The van der Waals surface area contributed by atoms with Gasteiger partial charge in [0.25, 0.3) is 5.91 Å². The number of anilines is 2. The van der Waals surface area contributed by atoms with Crippen LogP contribution in [-0.2, 0) is 22.4 Å². The summed E-state index contributed by atoms with van der Waals surface area (Å²) in [5.74, 6) is 0.536. The number of hydrogen-bond donors (Lipinski definition) is 1. The van der Waals surface area contributed by atoms with Crippen LogP contribution in [0.4, 0.5) is 11.4 Å². The van der Waals surface area contributed by atoms with Crippen molar-refractivity contribution in [2.45, 2.75) is 45.1 Å². The lowest BCUT2D eigenvalue weighted by molar-refractivity contribution is -0.122. The third kappa shape index (κ3) is 3.82. The van der Waals surface area contributed by atoms with Crippen LogP contribution < -0.4 is 15.0 Å². The summed E-state index contributed by atoms with van der Waals surface area (Å²) in [5.41, 5.74) is 4.34. The van der Waals surface area contributed by atoms with E-state index >= 15 is 0 Å². The van der Waals surface area contributed by atoms with Crippen molar-refractivity contribution >= 4 is 23.2 Å². The average Bonchev–Trinajstić information content (AvgIpc) is 3.30. The van der Waals surface area contributed by atoms with E-state index in [-0.39, 0.29) is 11.8 Å². The predicted octanol–water partition coefficient (Wildman–Crippen LogP) is 3.71. The van der Waals surface area contributed by atoms with Gasteiger partial charge in [0.05, 0.1) is 0 Å². The maximum atomic E-state index is 12.5. The molecule has 1 fully saturated rings. The minimum Gasteiger partial charge on any atom is -0.481 e. The number of carbonyl (C=O) groups excluding carboxylic acids is 2. The lowest BCUT2D eigenvalue weighted by Crippen LogP contribution is -2.30. The molecule has 5 heteroatoms. The van der Waals surface area contributed by atoms with Crippen molar-refractivity contribution in [3.8, 4) is 5.75 Å². The van der Waals surface area contributed by atoms with Gasteiger partial charge in [-0.2, -0.15) is 0 Å². The van der Waals surface area contributed by atoms with E-state index in [1.54, 1.807) is 11.8 Å². The van der Waals surface area contributed by atoms with Gasteiger partial charge in [0.15, 0.2) is 6.10 Å². The fraction of sp³-hybridized carbons (Fsp3) is 0.364. The summed E-state index contributed by atoms with van der Waals surface area (Å²) in [7, 11) is 0. The monoisotopic (exact) mass is 364 g/mol. The number of fused-ring (bicyclic) bond motifs is 1. The molecule has 140 valence electrons. The molecule has 2 amide bonds. The fourth-order valence-electron chi connectivity index (χ4n) is 3.80. The van der Waals surface area contributed by atoms with Crippen molar-refractivity contribution in [2.75, 3.05) is 16.8 Å². The summed E-state index contributed by atoms with van der Waals surface area (Å²) >= 11 is 0. The molecule has 1 saturated heterocycles. The number of amides is 2. The minimum atomic E-state index is -0.636. The molecule has 0 aromatic heterocycles. The van der Waals surface area contributed by atoms with E-state index in [1.807, 2.05) is 30.3 Å². The molecule has 0 radical (unpaired) electrons. The van der Waals surface area contributed by atoms with E-state index in [0.717, 1.165) is 37.2 Å². The molecule has 2 aromatic rings. The Morgan fingerprint density at radius 2 is 1.93 bits per heavy atom. The molecule has 0 spiro atoms. The first-order valence-electron chi connectivity index (χ1n) is 9.60. The second-order valence-corrected chi connectivity index (χ2v) is 7.23. The molecule has 1 heterocycles. The summed E-state index contributed by atoms with van der Waals surface area (Å²) < 4.78 is 5.83. The van der Waals surface area contributed by atoms with Crippen LogP contribution >= 0.6 is 0 Å². The molecule has 2 aromatic carbocycles. The normalized spacial score (nSPS) is 16.9. The van der Waals surface area contributed by atoms with Crippen molar-refractivity contribution in [3.05, 3.63) is 53.6 Å². The van der Waals surface area contributed by atoms with Gasteiger partial charge >= 0.3 is 0 Å². The Bertz CT molecular complexity index is 878. The van der Waals surface area contributed by atoms with Crippen molar-refractivity contribution in [2.24, 2.45) is 0 Å². The second-order valence-electron chi connectivity index (χ2n) is 7.23. The van der Waals surface area contributed by atoms with Gasteiger partial charge < -0.3 is 15.0 Å². The third-order valence-electron chi connectivity index (χ3n) is 5.25. The number of benzene rings is 2. The first-order chi connectivity index (χ1) is 13.1. The molecule has 27 heavy (non-hydrogen) atoms. The molecule has 2 aliphatic rings. The Hall–Kier alpha value is -2.82. The van der Waals surface area contributed by atoms with Crippen molar-refractivity contribution < 1.29 is 14.3 Å². The third-order valence-corrected chi connectivity index (χ3v) is 5.25. The Morgan fingerprint density at radius 3 is 2.74 bits per heavy atom. The van der Waals surface area contributed by atoms with Gasteiger partial charge in [-0.05, 0) is 68.0 Å². The van der Waals surface area contributed by atoms with Gasteiger partial charge in [0.2, 0.25) is 5.91 Å². The molecular formula is C22H24N2O3. The van der Waals surface area contributed by atoms with Crippen molar-refractivity contribution in [1.29, 1.82) is 0 Å². The number of carbonyl (C=O) groups is 2. The van der Waals surface area contributed by atoms with Crippen molar-refractivity contribution in [1.82, 2.24) is 0 Å². The highest BCUT2D eigenvalue weighted by Gasteiger charge is 2.22. The van der Waals surface area contributed by atoms with Gasteiger partial charge in [0, 0.05) is 30.4 Å². The average molecular weight is 364 g/mol. The molecule has 1 aliphatic heterocycles. The minimum absolute atomic E-state index is 0.134. The SMILES string of the molecule is CC(Oc1cccc(N2CCCC2=O)c1)C(=O)Nc1ccc2c(c1)CCC2. The lowest BCUT2D eigenvalue weighted by atomic mass is 10.1. The van der Waals surface area contributed by atoms with Gasteiger partial charge in [-0.15, -0.1) is 0 Å². The Morgan fingerprint density at radius 1 is 1.07 bits per heavy atom. The molecular weight excluding hydrogens is 340 g/mol. The Labute approximate surface area is 159 Å². The quantitative estimate of drug-likeness (QED) is 0.880. The first-order valence-corrected chi connectivity index (χ1v) is 9.60. The molecule has 1 unspecified atom stereocenters. The predicted molar refractivity (Wildman–Crippen MR) is 105 cm³/mol. The summed E-state index contributed by atoms with van der Waals surface area (Å²) in [6.07, 6.45) is 4.21. The number of nitrogens with one attached hydrogen (secondary N) is 1. The van der Waals surface area contributed by atoms with Gasteiger partial charge in [-0.3, -0.25) is 9.59 Å². The van der Waals surface area contributed by atoms with E-state index in [2.05, 4.69) is 17.4 Å². The molecule has 4 rings (SSSR count). The summed E-state index contributed by atoms with van der Waals surface area (Å²) in [4.78, 5) is 26.2. The van der Waals surface area contributed by atoms with E-state index in [4.69, 9.17) is 4.74 Å². The standard InChI is InChI=1S/C22H24N2O3/c1-15(22(26)23-18-11-10-16-5-2-6-17(16)13-18)27-20-8-3-7-19(14-20)24-12-4-9-21(24)25/h3,7-8,10-11,13-15H,2,4-6,9,12H2,1H3,(H,23,26). The summed E-state index contributed by atoms with van der Waals surface area (Å²) in [6, 6.07) is 13.5. The summed E-state index contributed by atoms with van der Waals surface area (Å²) in [6.45, 7) is 2.47. The number of hydrogen-bond acceptors (Lipinski definition) is 3. The zero-order chi connectivity index (χ0) is 18.8. The number of ether oxygens (including phenoxy) is 1. The van der Waals surface area contributed by atoms with Crippen LogP contribution in [0.25, 0.3) is 0 Å². The smallest absolute Gasteiger partial charge is 0.265 e. The van der Waals surface area contributed by atoms with Crippen LogP contribution in [0, 0.1) is 0 Å². The van der Waals surface area contributed by atoms with Crippen LogP contribution in [0.3, 0.4) is 0 Å². The van der Waals surface area contributed by atoms with E-state index in [1.165, 1.54) is 17.5 Å². The highest BCUT2D eigenvalue weighted by molar-refractivity contribution is 5.96.